The molecule has 114 valence electrons. The number of aromatic nitrogens is 1. The average Bonchev–Trinajstić information content (AvgIpc) is 3.03. The molecule has 0 aliphatic heterocycles. The fourth-order valence-electron chi connectivity index (χ4n) is 1.99. The van der Waals surface area contributed by atoms with Crippen molar-refractivity contribution in [2.45, 2.75) is 6.92 Å². The van der Waals surface area contributed by atoms with Gasteiger partial charge in [0.25, 0.3) is 5.69 Å². The van der Waals surface area contributed by atoms with Gasteiger partial charge < -0.3 is 0 Å². The summed E-state index contributed by atoms with van der Waals surface area (Å²) >= 11 is 1.46. The van der Waals surface area contributed by atoms with E-state index in [2.05, 4.69) is 22.1 Å². The molecule has 1 heterocycles. The first-order valence-corrected chi connectivity index (χ1v) is 7.81. The van der Waals surface area contributed by atoms with Crippen molar-refractivity contribution in [2.24, 2.45) is 4.99 Å². The average molecular weight is 323 g/mol. The lowest BCUT2D eigenvalue weighted by Gasteiger charge is -1.96. The maximum Gasteiger partial charge on any atom is 0.269 e. The second-order valence-electron chi connectivity index (χ2n) is 4.99. The first-order chi connectivity index (χ1) is 11.1. The summed E-state index contributed by atoms with van der Waals surface area (Å²) in [4.78, 5) is 19.0. The minimum absolute atomic E-state index is 0.0676. The van der Waals surface area contributed by atoms with Crippen LogP contribution in [0.5, 0.6) is 0 Å². The number of nitro benzene ring substituents is 1. The highest BCUT2D eigenvalue weighted by Crippen LogP contribution is 2.26. The normalized spacial score (nSPS) is 11.0. The van der Waals surface area contributed by atoms with Crippen molar-refractivity contribution in [2.75, 3.05) is 0 Å². The first-order valence-electron chi connectivity index (χ1n) is 6.93. The van der Waals surface area contributed by atoms with Gasteiger partial charge in [-0.2, -0.15) is 0 Å². The van der Waals surface area contributed by atoms with Crippen LogP contribution in [0.4, 0.5) is 10.8 Å². The van der Waals surface area contributed by atoms with E-state index >= 15 is 0 Å². The third kappa shape index (κ3) is 3.67. The highest BCUT2D eigenvalue weighted by atomic mass is 32.1. The van der Waals surface area contributed by atoms with Crippen molar-refractivity contribution in [3.8, 4) is 11.3 Å². The Morgan fingerprint density at radius 1 is 1.13 bits per heavy atom. The number of aliphatic imine (C=N–C) groups is 1. The highest BCUT2D eigenvalue weighted by molar-refractivity contribution is 7.13. The second-order valence-corrected chi connectivity index (χ2v) is 5.82. The number of aryl methyl sites for hydroxylation is 1. The number of rotatable bonds is 4. The van der Waals surface area contributed by atoms with Crippen LogP contribution in [0.15, 0.2) is 58.9 Å². The molecule has 0 bridgehead atoms. The van der Waals surface area contributed by atoms with Crippen molar-refractivity contribution in [1.29, 1.82) is 0 Å². The zero-order chi connectivity index (χ0) is 16.2. The van der Waals surface area contributed by atoms with Gasteiger partial charge in [-0.15, -0.1) is 11.3 Å². The first kappa shape index (κ1) is 15.1. The second kappa shape index (κ2) is 6.50. The van der Waals surface area contributed by atoms with E-state index in [-0.39, 0.29) is 5.69 Å². The van der Waals surface area contributed by atoms with E-state index in [0.717, 1.165) is 16.8 Å². The summed E-state index contributed by atoms with van der Waals surface area (Å²) in [5, 5.41) is 13.2. The van der Waals surface area contributed by atoms with Gasteiger partial charge in [0.2, 0.25) is 5.13 Å². The summed E-state index contributed by atoms with van der Waals surface area (Å²) in [7, 11) is 0. The lowest BCUT2D eigenvalue weighted by atomic mass is 10.1. The van der Waals surface area contributed by atoms with Crippen molar-refractivity contribution >= 4 is 28.4 Å². The van der Waals surface area contributed by atoms with E-state index in [1.165, 1.54) is 29.0 Å². The number of non-ortho nitro benzene ring substituents is 1. The van der Waals surface area contributed by atoms with Crippen LogP contribution < -0.4 is 0 Å². The van der Waals surface area contributed by atoms with Crippen LogP contribution in [-0.2, 0) is 0 Å². The Bertz CT molecular complexity index is 852. The molecule has 0 aliphatic carbocycles. The monoisotopic (exact) mass is 323 g/mol. The Morgan fingerprint density at radius 2 is 1.83 bits per heavy atom. The highest BCUT2D eigenvalue weighted by Gasteiger charge is 2.04. The van der Waals surface area contributed by atoms with Crippen molar-refractivity contribution < 1.29 is 4.92 Å². The predicted molar refractivity (Wildman–Crippen MR) is 92.6 cm³/mol. The van der Waals surface area contributed by atoms with Crippen LogP contribution in [0.3, 0.4) is 0 Å². The summed E-state index contributed by atoms with van der Waals surface area (Å²) < 4.78 is 0. The van der Waals surface area contributed by atoms with E-state index in [1.807, 2.05) is 24.4 Å². The van der Waals surface area contributed by atoms with Crippen LogP contribution in [0, 0.1) is 17.0 Å². The number of hydrogen-bond donors (Lipinski definition) is 0. The molecule has 0 radical (unpaired) electrons. The van der Waals surface area contributed by atoms with Crippen LogP contribution in [0.1, 0.15) is 11.1 Å². The Kier molecular flexibility index (Phi) is 4.25. The van der Waals surface area contributed by atoms with Gasteiger partial charge >= 0.3 is 0 Å². The fourth-order valence-corrected chi connectivity index (χ4v) is 2.66. The van der Waals surface area contributed by atoms with Crippen LogP contribution in [0.2, 0.25) is 0 Å². The van der Waals surface area contributed by atoms with E-state index < -0.39 is 4.92 Å². The maximum atomic E-state index is 10.6. The summed E-state index contributed by atoms with van der Waals surface area (Å²) in [6.07, 6.45) is 1.65. The van der Waals surface area contributed by atoms with Gasteiger partial charge in [0.15, 0.2) is 0 Å². The number of nitrogens with zero attached hydrogens (tertiary/aromatic N) is 3. The van der Waals surface area contributed by atoms with E-state index in [0.29, 0.717) is 5.13 Å². The van der Waals surface area contributed by atoms with Gasteiger partial charge in [-0.05, 0) is 24.6 Å². The maximum absolute atomic E-state index is 10.6. The topological polar surface area (TPSA) is 68.4 Å². The summed E-state index contributed by atoms with van der Waals surface area (Å²) in [6.45, 7) is 2.05. The predicted octanol–water partition coefficient (Wildman–Crippen LogP) is 4.78. The van der Waals surface area contributed by atoms with Gasteiger partial charge in [0.1, 0.15) is 0 Å². The molecule has 3 rings (SSSR count). The van der Waals surface area contributed by atoms with E-state index in [1.54, 1.807) is 18.3 Å². The number of benzene rings is 2. The van der Waals surface area contributed by atoms with Gasteiger partial charge in [-0.25, -0.2) is 9.98 Å². The van der Waals surface area contributed by atoms with Gasteiger partial charge in [-0.3, -0.25) is 10.1 Å². The number of hydrogen-bond acceptors (Lipinski definition) is 5. The van der Waals surface area contributed by atoms with Gasteiger partial charge in [0.05, 0.1) is 10.6 Å². The Labute approximate surface area is 137 Å². The third-order valence-electron chi connectivity index (χ3n) is 3.27. The number of thiazole rings is 1. The van der Waals surface area contributed by atoms with Crippen molar-refractivity contribution in [3.05, 3.63) is 75.2 Å². The molecule has 1 aromatic heterocycles. The lowest BCUT2D eigenvalue weighted by molar-refractivity contribution is -0.384. The van der Waals surface area contributed by atoms with Crippen LogP contribution >= 0.6 is 11.3 Å². The molecule has 0 N–H and O–H groups in total. The standard InChI is InChI=1S/C17H13N3O2S/c1-12-2-6-14(7-3-12)16-11-23-17(19-16)18-10-13-4-8-15(9-5-13)20(21)22/h2-11H,1H3/b18-10+. The molecule has 0 saturated heterocycles. The molecule has 0 atom stereocenters. The SMILES string of the molecule is Cc1ccc(-c2csc(/N=C/c3ccc([N+](=O)[O-])cc3)n2)cc1. The molecule has 6 heteroatoms. The fraction of sp³-hybridized carbons (Fsp3) is 0.0588. The molecule has 5 nitrogen and oxygen atoms in total. The molecule has 3 aromatic rings. The molecule has 0 unspecified atom stereocenters. The smallest absolute Gasteiger partial charge is 0.258 e. The van der Waals surface area contributed by atoms with E-state index in [9.17, 15) is 10.1 Å². The molecule has 0 spiro atoms. The van der Waals surface area contributed by atoms with Crippen molar-refractivity contribution in [1.82, 2.24) is 4.98 Å². The largest absolute Gasteiger partial charge is 0.269 e. The minimum Gasteiger partial charge on any atom is -0.258 e. The van der Waals surface area contributed by atoms with E-state index in [4.69, 9.17) is 0 Å². The molecular weight excluding hydrogens is 310 g/mol. The molecule has 0 aliphatic rings. The van der Waals surface area contributed by atoms with Gasteiger partial charge in [0, 0.05) is 29.3 Å². The van der Waals surface area contributed by atoms with Crippen molar-refractivity contribution in [3.63, 3.8) is 0 Å². The molecule has 2 aromatic carbocycles. The lowest BCUT2D eigenvalue weighted by Crippen LogP contribution is -1.88. The van der Waals surface area contributed by atoms with Gasteiger partial charge in [-0.1, -0.05) is 29.8 Å². The molecule has 0 fully saturated rings. The molecule has 0 amide bonds. The van der Waals surface area contributed by atoms with Crippen LogP contribution in [-0.4, -0.2) is 16.1 Å². The molecule has 0 saturated carbocycles. The summed E-state index contributed by atoms with van der Waals surface area (Å²) in [6, 6.07) is 14.4. The van der Waals surface area contributed by atoms with Crippen LogP contribution in [0.25, 0.3) is 11.3 Å². The minimum atomic E-state index is -0.421. The zero-order valence-corrected chi connectivity index (χ0v) is 13.2. The summed E-state index contributed by atoms with van der Waals surface area (Å²) in [5.41, 5.74) is 4.02. The number of nitro groups is 1. The third-order valence-corrected chi connectivity index (χ3v) is 4.02. The Balaban J connectivity index is 1.75. The Hall–Kier alpha value is -2.86. The quantitative estimate of drug-likeness (QED) is 0.394. The Morgan fingerprint density at radius 3 is 2.48 bits per heavy atom. The zero-order valence-electron chi connectivity index (χ0n) is 12.3. The molecule has 23 heavy (non-hydrogen) atoms. The summed E-state index contributed by atoms with van der Waals surface area (Å²) in [5.74, 6) is 0. The molecular formula is C17H13N3O2S.